The minimum atomic E-state index is -5.00. The summed E-state index contributed by atoms with van der Waals surface area (Å²) in [5.41, 5.74) is -2.33. The van der Waals surface area contributed by atoms with Crippen LogP contribution in [0, 0.1) is 72.0 Å². The number of ether oxygens (including phenoxy) is 1. The Morgan fingerprint density at radius 1 is 0.515 bits per heavy atom. The Morgan fingerprint density at radius 2 is 0.818 bits per heavy atom. The van der Waals surface area contributed by atoms with Crippen molar-refractivity contribution >= 4 is 27.4 Å². The van der Waals surface area contributed by atoms with Crippen LogP contribution in [0.4, 0.5) is 43.9 Å². The summed E-state index contributed by atoms with van der Waals surface area (Å²) in [5, 5.41) is 0. The molecule has 0 bridgehead atoms. The standard InChI is InChI=1S/2C7H3F4.C7H5F2O.Al/c2*1-3-6(10)4(8)2-5(9)7(3)11;1-10-7-3-5(8)2-6(9)4-7;/h2*1H3;3-4H,1H3;. The van der Waals surface area contributed by atoms with Crippen molar-refractivity contribution in [2.24, 2.45) is 0 Å². The fourth-order valence-electron chi connectivity index (χ4n) is 3.41. The van der Waals surface area contributed by atoms with Crippen LogP contribution in [0.5, 0.6) is 5.75 Å². The summed E-state index contributed by atoms with van der Waals surface area (Å²) in [6.07, 6.45) is 0. The van der Waals surface area contributed by atoms with Gasteiger partial charge in [0.2, 0.25) is 0 Å². The van der Waals surface area contributed by atoms with Crippen molar-refractivity contribution in [1.29, 1.82) is 0 Å². The molecular weight excluding hydrogens is 485 g/mol. The van der Waals surface area contributed by atoms with Crippen LogP contribution in [-0.2, 0) is 0 Å². The zero-order valence-corrected chi connectivity index (χ0v) is 18.1. The minimum absolute atomic E-state index is 0.464. The third kappa shape index (κ3) is 3.85. The van der Waals surface area contributed by atoms with E-state index < -0.39 is 102 Å². The van der Waals surface area contributed by atoms with Gasteiger partial charge >= 0.3 is 14.1 Å². The second-order valence-electron chi connectivity index (χ2n) is 7.03. The van der Waals surface area contributed by atoms with Gasteiger partial charge in [0.1, 0.15) is 40.7 Å². The van der Waals surface area contributed by atoms with Gasteiger partial charge in [0.15, 0.2) is 23.3 Å². The first-order valence-corrected chi connectivity index (χ1v) is 10.8. The molecule has 0 aliphatic carbocycles. The maximum atomic E-state index is 14.9. The third-order valence-electron chi connectivity index (χ3n) is 5.19. The summed E-state index contributed by atoms with van der Waals surface area (Å²) in [5.74, 6) is -20.7. The second-order valence-corrected chi connectivity index (χ2v) is 9.63. The lowest BCUT2D eigenvalue weighted by Gasteiger charge is -2.21. The van der Waals surface area contributed by atoms with E-state index in [1.54, 1.807) is 0 Å². The Kier molecular flexibility index (Phi) is 6.73. The smallest absolute Gasteiger partial charge is 0.412 e. The van der Waals surface area contributed by atoms with E-state index in [-0.39, 0.29) is 0 Å². The van der Waals surface area contributed by atoms with Crippen molar-refractivity contribution in [3.8, 4) is 5.75 Å². The summed E-state index contributed by atoms with van der Waals surface area (Å²) in [7, 11) is 0.997. The number of hydrogen-bond donors (Lipinski definition) is 0. The molecule has 0 saturated heterocycles. The molecule has 33 heavy (non-hydrogen) atoms. The number of halogens is 10. The number of rotatable bonds is 4. The molecule has 12 heteroatoms. The van der Waals surface area contributed by atoms with Gasteiger partial charge in [0.05, 0.1) is 7.11 Å². The van der Waals surface area contributed by atoms with E-state index in [9.17, 15) is 43.9 Å². The van der Waals surface area contributed by atoms with Crippen molar-refractivity contribution < 1.29 is 48.6 Å². The Hall–Kier alpha value is -2.71. The van der Waals surface area contributed by atoms with Gasteiger partial charge in [0, 0.05) is 23.3 Å². The molecule has 1 nitrogen and oxygen atoms in total. The number of benzene rings is 3. The molecule has 0 aliphatic rings. The third-order valence-corrected chi connectivity index (χ3v) is 8.49. The van der Waals surface area contributed by atoms with Crippen LogP contribution in [-0.4, -0.2) is 21.3 Å². The van der Waals surface area contributed by atoms with Crippen molar-refractivity contribution in [2.75, 3.05) is 7.11 Å². The van der Waals surface area contributed by atoms with Gasteiger partial charge in [-0.15, -0.1) is 0 Å². The van der Waals surface area contributed by atoms with Gasteiger partial charge in [-0.3, -0.25) is 0 Å². The highest BCUT2D eigenvalue weighted by Crippen LogP contribution is 2.23. The zero-order chi connectivity index (χ0) is 24.9. The fourth-order valence-corrected chi connectivity index (χ4v) is 6.52. The molecule has 3 rings (SSSR count). The van der Waals surface area contributed by atoms with Gasteiger partial charge in [0.25, 0.3) is 0 Å². The predicted molar refractivity (Wildman–Crippen MR) is 99.6 cm³/mol. The van der Waals surface area contributed by atoms with E-state index in [2.05, 4.69) is 4.74 Å². The maximum absolute atomic E-state index is 14.9. The van der Waals surface area contributed by atoms with Crippen LogP contribution in [0.15, 0.2) is 12.1 Å². The SMILES string of the molecule is COc1cc(F)[c]([Al]([c]2c(F)c(F)c(C)c(F)c2F)[c]2c(F)c(F)c(C)c(F)c2F)c(F)c1. The molecule has 0 N–H and O–H groups in total. The summed E-state index contributed by atoms with van der Waals surface area (Å²) < 4.78 is 146. The maximum Gasteiger partial charge on any atom is 0.412 e. The average Bonchev–Trinajstić information content (AvgIpc) is 2.78. The van der Waals surface area contributed by atoms with E-state index in [1.165, 1.54) is 0 Å². The summed E-state index contributed by atoms with van der Waals surface area (Å²) >= 11 is -5.00. The van der Waals surface area contributed by atoms with Crippen molar-refractivity contribution in [3.05, 3.63) is 81.4 Å². The highest BCUT2D eigenvalue weighted by molar-refractivity contribution is 6.95. The molecule has 0 radical (unpaired) electrons. The number of hydrogen-bond acceptors (Lipinski definition) is 1. The molecule has 0 spiro atoms. The normalized spacial score (nSPS) is 11.2. The Morgan fingerprint density at radius 3 is 1.09 bits per heavy atom. The Balaban J connectivity index is 2.59. The van der Waals surface area contributed by atoms with Gasteiger partial charge in [-0.2, -0.15) is 0 Å². The van der Waals surface area contributed by atoms with E-state index in [0.29, 0.717) is 26.0 Å². The van der Waals surface area contributed by atoms with Crippen LogP contribution >= 0.6 is 0 Å². The molecule has 0 aromatic heterocycles. The first kappa shape index (κ1) is 24.9. The molecule has 0 aliphatic heterocycles. The van der Waals surface area contributed by atoms with Gasteiger partial charge in [-0.1, -0.05) is 0 Å². The van der Waals surface area contributed by atoms with Crippen LogP contribution in [0.3, 0.4) is 0 Å². The van der Waals surface area contributed by atoms with E-state index >= 15 is 0 Å². The molecule has 3 aromatic rings. The summed E-state index contributed by atoms with van der Waals surface area (Å²) in [6, 6.07) is 0.928. The van der Waals surface area contributed by atoms with Crippen LogP contribution in [0.1, 0.15) is 11.1 Å². The molecule has 0 unspecified atom stereocenters. The second kappa shape index (κ2) is 8.91. The average molecular weight is 496 g/mol. The first-order valence-electron chi connectivity index (χ1n) is 9.02. The molecule has 0 amide bonds. The highest BCUT2D eigenvalue weighted by Gasteiger charge is 2.44. The molecule has 0 atom stereocenters. The van der Waals surface area contributed by atoms with Crippen LogP contribution in [0.2, 0.25) is 0 Å². The van der Waals surface area contributed by atoms with Crippen LogP contribution in [0.25, 0.3) is 0 Å². The zero-order valence-electron chi connectivity index (χ0n) is 16.9. The molecule has 0 fully saturated rings. The quantitative estimate of drug-likeness (QED) is 0.299. The summed E-state index contributed by atoms with van der Waals surface area (Å²) in [4.78, 5) is 0. The highest BCUT2D eigenvalue weighted by atomic mass is 27.2. The Bertz CT molecular complexity index is 1140. The van der Waals surface area contributed by atoms with Crippen molar-refractivity contribution in [1.82, 2.24) is 0 Å². The molecule has 0 heterocycles. The topological polar surface area (TPSA) is 9.23 Å². The molecular formula is C21H11AlF10O. The predicted octanol–water partition coefficient (Wildman–Crippen LogP) is 4.22. The lowest BCUT2D eigenvalue weighted by Crippen LogP contribution is -2.60. The number of methoxy groups -OCH3 is 1. The monoisotopic (exact) mass is 496 g/mol. The summed E-state index contributed by atoms with van der Waals surface area (Å²) in [6.45, 7) is 1.27. The van der Waals surface area contributed by atoms with E-state index in [0.717, 1.165) is 7.11 Å². The largest absolute Gasteiger partial charge is 0.497 e. The van der Waals surface area contributed by atoms with E-state index in [4.69, 9.17) is 0 Å². The fraction of sp³-hybridized carbons (Fsp3) is 0.143. The molecule has 174 valence electrons. The first-order chi connectivity index (χ1) is 15.3. The minimum Gasteiger partial charge on any atom is -0.497 e. The Labute approximate surface area is 184 Å². The van der Waals surface area contributed by atoms with Crippen molar-refractivity contribution in [2.45, 2.75) is 13.8 Å². The van der Waals surface area contributed by atoms with Gasteiger partial charge in [-0.05, 0) is 27.1 Å². The lowest BCUT2D eigenvalue weighted by atomic mass is 10.2. The molecule has 0 saturated carbocycles. The van der Waals surface area contributed by atoms with E-state index in [1.807, 2.05) is 0 Å². The van der Waals surface area contributed by atoms with Crippen molar-refractivity contribution in [3.63, 3.8) is 0 Å². The lowest BCUT2D eigenvalue weighted by molar-refractivity contribution is 0.407. The molecule has 3 aromatic carbocycles. The van der Waals surface area contributed by atoms with Crippen LogP contribution < -0.4 is 18.0 Å². The van der Waals surface area contributed by atoms with Gasteiger partial charge < -0.3 is 4.74 Å². The van der Waals surface area contributed by atoms with Gasteiger partial charge in [-0.25, -0.2) is 43.9 Å².